The van der Waals surface area contributed by atoms with Gasteiger partial charge in [0.2, 0.25) is 6.29 Å². The van der Waals surface area contributed by atoms with E-state index in [2.05, 4.69) is 0 Å². The molecular weight excluding hydrogens is 516 g/mol. The van der Waals surface area contributed by atoms with Gasteiger partial charge in [-0.25, -0.2) is 0 Å². The molecular formula is C27H36O12. The van der Waals surface area contributed by atoms with Crippen LogP contribution >= 0.6 is 0 Å². The van der Waals surface area contributed by atoms with E-state index in [9.17, 15) is 46.0 Å². The van der Waals surface area contributed by atoms with Crippen LogP contribution in [0.25, 0.3) is 0 Å². The molecule has 2 saturated heterocycles. The number of aliphatic hydroxyl groups is 7. The zero-order valence-electron chi connectivity index (χ0n) is 21.1. The van der Waals surface area contributed by atoms with Gasteiger partial charge in [0, 0.05) is 12.0 Å². The van der Waals surface area contributed by atoms with Crippen LogP contribution in [0.4, 0.5) is 0 Å². The average Bonchev–Trinajstić information content (AvgIpc) is 2.92. The van der Waals surface area contributed by atoms with Gasteiger partial charge in [-0.2, -0.15) is 0 Å². The molecule has 0 radical (unpaired) electrons. The highest BCUT2D eigenvalue weighted by atomic mass is 16.7. The molecule has 2 heterocycles. The molecule has 2 aromatic rings. The van der Waals surface area contributed by atoms with Crippen LogP contribution in [0, 0.1) is 5.92 Å². The first-order valence-corrected chi connectivity index (χ1v) is 12.8. The van der Waals surface area contributed by atoms with Gasteiger partial charge < -0.3 is 60.2 Å². The fraction of sp³-hybridized carbons (Fsp3) is 0.556. The Morgan fingerprint density at radius 2 is 1.26 bits per heavy atom. The number of hydrogen-bond donors (Lipinski definition) is 9. The molecule has 2 aliphatic heterocycles. The summed E-state index contributed by atoms with van der Waals surface area (Å²) in [5, 5.41) is 91.1. The van der Waals surface area contributed by atoms with Crippen LogP contribution in [0.5, 0.6) is 17.2 Å². The number of aromatic hydroxyl groups is 2. The van der Waals surface area contributed by atoms with E-state index in [0.717, 1.165) is 11.1 Å². The summed E-state index contributed by atoms with van der Waals surface area (Å²) in [4.78, 5) is 0. The Kier molecular flexibility index (Phi) is 9.64. The summed E-state index contributed by atoms with van der Waals surface area (Å²) in [6.45, 7) is -1.20. The number of benzene rings is 2. The molecule has 39 heavy (non-hydrogen) atoms. The normalized spacial score (nSPS) is 35.1. The van der Waals surface area contributed by atoms with Crippen molar-refractivity contribution in [3.63, 3.8) is 0 Å². The second kappa shape index (κ2) is 12.8. The van der Waals surface area contributed by atoms with Gasteiger partial charge in [-0.1, -0.05) is 12.1 Å². The second-order valence-corrected chi connectivity index (χ2v) is 10.1. The largest absolute Gasteiger partial charge is 0.508 e. The van der Waals surface area contributed by atoms with Crippen LogP contribution in [-0.4, -0.2) is 114 Å². The van der Waals surface area contributed by atoms with Crippen molar-refractivity contribution in [1.29, 1.82) is 0 Å². The van der Waals surface area contributed by atoms with Gasteiger partial charge in [-0.15, -0.1) is 0 Å². The lowest BCUT2D eigenvalue weighted by Gasteiger charge is -2.46. The summed E-state index contributed by atoms with van der Waals surface area (Å²) < 4.78 is 17.0. The number of phenols is 2. The first kappa shape index (κ1) is 29.5. The van der Waals surface area contributed by atoms with Crippen molar-refractivity contribution < 1.29 is 60.2 Å². The number of aliphatic hydroxyl groups excluding tert-OH is 7. The van der Waals surface area contributed by atoms with Gasteiger partial charge in [0.25, 0.3) is 0 Å². The first-order valence-electron chi connectivity index (χ1n) is 12.8. The SMILES string of the molecule is OC[C@H]1O[C@@H](C[C@H]2[C@H](O)[C@@H](O)[C@H](Oc3cc(O)cc(CCc4ccc(O)cc4)c3)O[C@@H]2CO)[C@H](O)[C@@H](O)[C@@H]1O. The van der Waals surface area contributed by atoms with Gasteiger partial charge in [0.05, 0.1) is 31.5 Å². The van der Waals surface area contributed by atoms with E-state index in [-0.39, 0.29) is 23.7 Å². The van der Waals surface area contributed by atoms with E-state index in [1.165, 1.54) is 6.07 Å². The highest BCUT2D eigenvalue weighted by molar-refractivity contribution is 5.38. The summed E-state index contributed by atoms with van der Waals surface area (Å²) in [6.07, 6.45) is -11.6. The van der Waals surface area contributed by atoms with Crippen molar-refractivity contribution in [3.8, 4) is 17.2 Å². The molecule has 0 bridgehead atoms. The molecule has 2 aromatic carbocycles. The van der Waals surface area contributed by atoms with Crippen molar-refractivity contribution in [2.24, 2.45) is 5.92 Å². The molecule has 9 N–H and O–H groups in total. The van der Waals surface area contributed by atoms with Gasteiger partial charge in [0.15, 0.2) is 0 Å². The molecule has 0 amide bonds. The molecule has 4 rings (SSSR count). The highest BCUT2D eigenvalue weighted by Crippen LogP contribution is 2.35. The molecule has 10 atom stereocenters. The predicted molar refractivity (Wildman–Crippen MR) is 134 cm³/mol. The number of aryl methyl sites for hydroxylation is 2. The van der Waals surface area contributed by atoms with E-state index < -0.39 is 74.3 Å². The second-order valence-electron chi connectivity index (χ2n) is 10.1. The van der Waals surface area contributed by atoms with Crippen molar-refractivity contribution in [1.82, 2.24) is 0 Å². The van der Waals surface area contributed by atoms with E-state index in [1.54, 1.807) is 36.4 Å². The van der Waals surface area contributed by atoms with Crippen LogP contribution in [0.15, 0.2) is 42.5 Å². The standard InChI is InChI=1S/C27H36O12/c28-11-20-18(10-19-23(33)25(35)24(34)21(12-29)38-19)22(32)26(36)27(39-20)37-17-8-14(7-16(31)9-17)2-1-13-3-5-15(30)6-4-13/h3-9,18-36H,1-2,10-12H2/t18-,19+,20-,21-,22+,23+,24-,25-,26-,27-/m1/s1. The Balaban J connectivity index is 1.42. The summed E-state index contributed by atoms with van der Waals surface area (Å²) in [5.41, 5.74) is 1.70. The molecule has 216 valence electrons. The van der Waals surface area contributed by atoms with E-state index >= 15 is 0 Å². The molecule has 2 aliphatic rings. The fourth-order valence-electron chi connectivity index (χ4n) is 5.14. The van der Waals surface area contributed by atoms with Crippen LogP contribution in [0.3, 0.4) is 0 Å². The fourth-order valence-corrected chi connectivity index (χ4v) is 5.14. The minimum absolute atomic E-state index is 0.0849. The average molecular weight is 553 g/mol. The Labute approximate surface area is 224 Å². The number of hydrogen-bond acceptors (Lipinski definition) is 12. The van der Waals surface area contributed by atoms with Crippen molar-refractivity contribution in [2.45, 2.75) is 74.4 Å². The summed E-state index contributed by atoms with van der Waals surface area (Å²) in [6, 6.07) is 11.3. The third-order valence-electron chi connectivity index (χ3n) is 7.37. The number of phenolic OH excluding ortho intramolecular Hbond substituents is 2. The first-order chi connectivity index (χ1) is 18.6. The zero-order valence-corrected chi connectivity index (χ0v) is 21.1. The molecule has 2 fully saturated rings. The van der Waals surface area contributed by atoms with E-state index in [0.29, 0.717) is 12.8 Å². The molecule has 0 aliphatic carbocycles. The minimum atomic E-state index is -1.61. The molecule has 0 unspecified atom stereocenters. The topological polar surface area (TPSA) is 210 Å². The third-order valence-corrected chi connectivity index (χ3v) is 7.37. The smallest absolute Gasteiger partial charge is 0.229 e. The lowest BCUT2D eigenvalue weighted by atomic mass is 9.81. The maximum absolute atomic E-state index is 10.9. The van der Waals surface area contributed by atoms with Gasteiger partial charge >= 0.3 is 0 Å². The summed E-state index contributed by atoms with van der Waals surface area (Å²) in [7, 11) is 0. The van der Waals surface area contributed by atoms with Crippen LogP contribution in [0.1, 0.15) is 17.5 Å². The lowest BCUT2D eigenvalue weighted by molar-refractivity contribution is -0.278. The van der Waals surface area contributed by atoms with E-state index in [4.69, 9.17) is 14.2 Å². The molecule has 0 saturated carbocycles. The number of ether oxygens (including phenoxy) is 3. The van der Waals surface area contributed by atoms with Crippen LogP contribution in [-0.2, 0) is 22.3 Å². The van der Waals surface area contributed by atoms with Crippen molar-refractivity contribution in [3.05, 3.63) is 53.6 Å². The van der Waals surface area contributed by atoms with Crippen LogP contribution < -0.4 is 4.74 Å². The van der Waals surface area contributed by atoms with Gasteiger partial charge in [-0.05, 0) is 54.7 Å². The van der Waals surface area contributed by atoms with Crippen molar-refractivity contribution in [2.75, 3.05) is 13.2 Å². The minimum Gasteiger partial charge on any atom is -0.508 e. The monoisotopic (exact) mass is 552 g/mol. The summed E-state index contributed by atoms with van der Waals surface area (Å²) >= 11 is 0. The third kappa shape index (κ3) is 6.80. The highest BCUT2D eigenvalue weighted by Gasteiger charge is 2.50. The van der Waals surface area contributed by atoms with Crippen LogP contribution in [0.2, 0.25) is 0 Å². The predicted octanol–water partition coefficient (Wildman–Crippen LogP) is -1.45. The van der Waals surface area contributed by atoms with Gasteiger partial charge in [-0.3, -0.25) is 0 Å². The Morgan fingerprint density at radius 3 is 1.92 bits per heavy atom. The van der Waals surface area contributed by atoms with E-state index in [1.807, 2.05) is 0 Å². The van der Waals surface area contributed by atoms with Crippen molar-refractivity contribution >= 4 is 0 Å². The Morgan fingerprint density at radius 1 is 0.615 bits per heavy atom. The molecule has 12 nitrogen and oxygen atoms in total. The lowest BCUT2D eigenvalue weighted by Crippen LogP contribution is -2.62. The Bertz CT molecular complexity index is 1060. The molecule has 0 aromatic heterocycles. The zero-order chi connectivity index (χ0) is 28.3. The number of rotatable bonds is 9. The quantitative estimate of drug-likeness (QED) is 0.175. The Hall–Kier alpha value is -2.52. The maximum Gasteiger partial charge on any atom is 0.229 e. The summed E-state index contributed by atoms with van der Waals surface area (Å²) in [5.74, 6) is -0.720. The van der Waals surface area contributed by atoms with Gasteiger partial charge in [0.1, 0.15) is 47.8 Å². The maximum atomic E-state index is 10.9. The molecule has 12 heteroatoms. The molecule has 0 spiro atoms.